The molecular weight excluding hydrogens is 272 g/mol. The van der Waals surface area contributed by atoms with Gasteiger partial charge in [-0.25, -0.2) is 4.98 Å². The van der Waals surface area contributed by atoms with Crippen LogP contribution in [-0.2, 0) is 4.79 Å². The van der Waals surface area contributed by atoms with E-state index in [0.29, 0.717) is 18.7 Å². The number of amides is 1. The van der Waals surface area contributed by atoms with Crippen molar-refractivity contribution in [2.45, 2.75) is 32.6 Å². The summed E-state index contributed by atoms with van der Waals surface area (Å²) in [6.45, 7) is 3.77. The van der Waals surface area contributed by atoms with E-state index in [2.05, 4.69) is 10.3 Å². The Hall–Kier alpha value is -2.18. The van der Waals surface area contributed by atoms with Crippen molar-refractivity contribution >= 4 is 17.4 Å². The van der Waals surface area contributed by atoms with Crippen molar-refractivity contribution in [3.8, 4) is 0 Å². The fraction of sp³-hybridized carbons (Fsp3) is 0.571. The molecule has 1 aromatic rings. The van der Waals surface area contributed by atoms with Crippen LogP contribution in [-0.4, -0.2) is 40.3 Å². The summed E-state index contributed by atoms with van der Waals surface area (Å²) >= 11 is 0. The van der Waals surface area contributed by atoms with E-state index in [0.717, 1.165) is 25.9 Å². The molecule has 7 nitrogen and oxygen atoms in total. The number of piperidine rings is 1. The average Bonchev–Trinajstić information content (AvgIpc) is 2.48. The molecule has 114 valence electrons. The highest BCUT2D eigenvalue weighted by Crippen LogP contribution is 2.21. The van der Waals surface area contributed by atoms with Crippen LogP contribution in [0.2, 0.25) is 0 Å². The van der Waals surface area contributed by atoms with E-state index in [9.17, 15) is 14.9 Å². The quantitative estimate of drug-likeness (QED) is 0.663. The minimum absolute atomic E-state index is 0.0639. The molecule has 1 aliphatic rings. The molecule has 7 heteroatoms. The Morgan fingerprint density at radius 1 is 1.38 bits per heavy atom. The largest absolute Gasteiger partial charge is 0.364 e. The van der Waals surface area contributed by atoms with Crippen LogP contribution in [0.1, 0.15) is 31.4 Å². The van der Waals surface area contributed by atoms with Crippen LogP contribution in [0.4, 0.5) is 11.5 Å². The average molecular weight is 292 g/mol. The van der Waals surface area contributed by atoms with Crippen molar-refractivity contribution in [1.82, 2.24) is 9.88 Å². The van der Waals surface area contributed by atoms with Crippen molar-refractivity contribution in [3.05, 3.63) is 27.9 Å². The van der Waals surface area contributed by atoms with Crippen molar-refractivity contribution in [2.24, 2.45) is 0 Å². The smallest absolute Gasteiger partial charge is 0.311 e. The molecule has 0 unspecified atom stereocenters. The number of rotatable bonds is 5. The Bertz CT molecular complexity index is 527. The molecule has 1 saturated heterocycles. The maximum atomic E-state index is 12.0. The Morgan fingerprint density at radius 2 is 2.10 bits per heavy atom. The lowest BCUT2D eigenvalue weighted by Gasteiger charge is -2.26. The normalized spacial score (nSPS) is 14.8. The molecule has 2 rings (SSSR count). The third-order valence-corrected chi connectivity index (χ3v) is 3.55. The molecular formula is C14H20N4O3. The molecule has 0 bridgehead atoms. The molecule has 0 atom stereocenters. The lowest BCUT2D eigenvalue weighted by molar-refractivity contribution is -0.384. The highest BCUT2D eigenvalue weighted by atomic mass is 16.6. The zero-order valence-electron chi connectivity index (χ0n) is 12.2. The van der Waals surface area contributed by atoms with Gasteiger partial charge in [0.05, 0.1) is 4.92 Å². The van der Waals surface area contributed by atoms with E-state index in [1.54, 1.807) is 13.0 Å². The van der Waals surface area contributed by atoms with Gasteiger partial charge in [0.1, 0.15) is 0 Å². The van der Waals surface area contributed by atoms with E-state index in [4.69, 9.17) is 0 Å². The summed E-state index contributed by atoms with van der Waals surface area (Å²) in [6, 6.07) is 3.03. The molecule has 2 heterocycles. The van der Waals surface area contributed by atoms with Gasteiger partial charge in [0, 0.05) is 37.8 Å². The minimum atomic E-state index is -0.471. The fourth-order valence-electron chi connectivity index (χ4n) is 2.42. The third kappa shape index (κ3) is 4.14. The molecule has 1 aromatic heterocycles. The van der Waals surface area contributed by atoms with Crippen molar-refractivity contribution < 1.29 is 9.72 Å². The standard InChI is InChI=1S/C14H20N4O3/c1-11-5-6-12(18(20)21)14(16-11)15-8-7-13(19)17-9-3-2-4-10-17/h5-6H,2-4,7-10H2,1H3,(H,15,16). The zero-order valence-corrected chi connectivity index (χ0v) is 12.2. The van der Waals surface area contributed by atoms with Gasteiger partial charge >= 0.3 is 5.69 Å². The van der Waals surface area contributed by atoms with Crippen molar-refractivity contribution in [3.63, 3.8) is 0 Å². The van der Waals surface area contributed by atoms with Crippen LogP contribution < -0.4 is 5.32 Å². The molecule has 1 N–H and O–H groups in total. The molecule has 0 aliphatic carbocycles. The topological polar surface area (TPSA) is 88.4 Å². The second-order valence-electron chi connectivity index (χ2n) is 5.20. The Labute approximate surface area is 123 Å². The molecule has 0 radical (unpaired) electrons. The monoisotopic (exact) mass is 292 g/mol. The van der Waals surface area contributed by atoms with Gasteiger partial charge in [-0.1, -0.05) is 0 Å². The lowest BCUT2D eigenvalue weighted by atomic mass is 10.1. The van der Waals surface area contributed by atoms with E-state index in [-0.39, 0.29) is 17.4 Å². The second-order valence-corrected chi connectivity index (χ2v) is 5.20. The maximum Gasteiger partial charge on any atom is 0.311 e. The van der Waals surface area contributed by atoms with E-state index in [1.165, 1.54) is 12.5 Å². The molecule has 0 saturated carbocycles. The van der Waals surface area contributed by atoms with Crippen LogP contribution in [0.5, 0.6) is 0 Å². The predicted molar refractivity (Wildman–Crippen MR) is 79.2 cm³/mol. The first-order valence-corrected chi connectivity index (χ1v) is 7.21. The van der Waals surface area contributed by atoms with Crippen molar-refractivity contribution in [2.75, 3.05) is 25.0 Å². The summed E-state index contributed by atoms with van der Waals surface area (Å²) in [5.41, 5.74) is 0.636. The van der Waals surface area contributed by atoms with Gasteiger partial charge in [0.15, 0.2) is 0 Å². The van der Waals surface area contributed by atoms with Gasteiger partial charge in [-0.2, -0.15) is 0 Å². The number of anilines is 1. The Morgan fingerprint density at radius 3 is 2.76 bits per heavy atom. The van der Waals surface area contributed by atoms with Crippen LogP contribution in [0, 0.1) is 17.0 Å². The number of hydrogen-bond acceptors (Lipinski definition) is 5. The first-order chi connectivity index (χ1) is 10.1. The van der Waals surface area contributed by atoms with Gasteiger partial charge in [-0.3, -0.25) is 14.9 Å². The Balaban J connectivity index is 1.89. The van der Waals surface area contributed by atoms with Crippen molar-refractivity contribution in [1.29, 1.82) is 0 Å². The fourth-order valence-corrected chi connectivity index (χ4v) is 2.42. The first kappa shape index (κ1) is 15.2. The van der Waals surface area contributed by atoms with Gasteiger partial charge < -0.3 is 10.2 Å². The number of nitrogens with zero attached hydrogens (tertiary/aromatic N) is 3. The minimum Gasteiger partial charge on any atom is -0.364 e. The summed E-state index contributed by atoms with van der Waals surface area (Å²) in [5, 5.41) is 13.8. The van der Waals surface area contributed by atoms with Crippen LogP contribution in [0.3, 0.4) is 0 Å². The van der Waals surface area contributed by atoms with Gasteiger partial charge in [0.2, 0.25) is 11.7 Å². The predicted octanol–water partition coefficient (Wildman–Crippen LogP) is 2.11. The summed E-state index contributed by atoms with van der Waals surface area (Å²) in [7, 11) is 0. The van der Waals surface area contributed by atoms with Crippen LogP contribution >= 0.6 is 0 Å². The Kier molecular flexibility index (Phi) is 5.08. The van der Waals surface area contributed by atoms with E-state index in [1.807, 2.05) is 4.90 Å². The third-order valence-electron chi connectivity index (χ3n) is 3.55. The molecule has 1 fully saturated rings. The zero-order chi connectivity index (χ0) is 15.2. The van der Waals surface area contributed by atoms with Gasteiger partial charge in [-0.05, 0) is 32.3 Å². The number of carbonyl (C=O) groups excluding carboxylic acids is 1. The number of aromatic nitrogens is 1. The van der Waals surface area contributed by atoms with Crippen LogP contribution in [0.25, 0.3) is 0 Å². The van der Waals surface area contributed by atoms with E-state index >= 15 is 0 Å². The SMILES string of the molecule is Cc1ccc([N+](=O)[O-])c(NCCC(=O)N2CCCCC2)n1. The van der Waals surface area contributed by atoms with Gasteiger partial charge in [0.25, 0.3) is 0 Å². The number of nitrogens with one attached hydrogen (secondary N) is 1. The molecule has 0 spiro atoms. The molecule has 1 aliphatic heterocycles. The second kappa shape index (κ2) is 7.01. The summed E-state index contributed by atoms with van der Waals surface area (Å²) in [4.78, 5) is 28.5. The number of likely N-dealkylation sites (tertiary alicyclic amines) is 1. The number of carbonyl (C=O) groups is 1. The molecule has 0 aromatic carbocycles. The maximum absolute atomic E-state index is 12.0. The number of nitro groups is 1. The summed E-state index contributed by atoms with van der Waals surface area (Å²) in [6.07, 6.45) is 3.63. The lowest BCUT2D eigenvalue weighted by Crippen LogP contribution is -2.36. The van der Waals surface area contributed by atoms with Gasteiger partial charge in [-0.15, -0.1) is 0 Å². The first-order valence-electron chi connectivity index (χ1n) is 7.21. The highest BCUT2D eigenvalue weighted by molar-refractivity contribution is 5.76. The highest BCUT2D eigenvalue weighted by Gasteiger charge is 2.18. The summed E-state index contributed by atoms with van der Waals surface area (Å²) < 4.78 is 0. The van der Waals surface area contributed by atoms with E-state index < -0.39 is 4.92 Å². The summed E-state index contributed by atoms with van der Waals surface area (Å²) in [5.74, 6) is 0.323. The number of hydrogen-bond donors (Lipinski definition) is 1. The van der Waals surface area contributed by atoms with Crippen LogP contribution in [0.15, 0.2) is 12.1 Å². The molecule has 1 amide bonds. The number of pyridine rings is 1. The molecule has 21 heavy (non-hydrogen) atoms. The number of aryl methyl sites for hydroxylation is 1.